The van der Waals surface area contributed by atoms with Crippen molar-refractivity contribution in [3.05, 3.63) is 59.1 Å². The Labute approximate surface area is 122 Å². The van der Waals surface area contributed by atoms with Gasteiger partial charge in [0.05, 0.1) is 10.6 Å². The summed E-state index contributed by atoms with van der Waals surface area (Å²) in [6, 6.07) is 12.1. The van der Waals surface area contributed by atoms with Gasteiger partial charge >= 0.3 is 0 Å². The molecule has 0 bridgehead atoms. The first-order chi connectivity index (χ1) is 9.72. The summed E-state index contributed by atoms with van der Waals surface area (Å²) in [5.74, 6) is 1.63. The highest BCUT2D eigenvalue weighted by atomic mass is 32.1. The smallest absolute Gasteiger partial charge is 0.132 e. The van der Waals surface area contributed by atoms with E-state index in [0.717, 1.165) is 17.3 Å². The molecule has 3 aromatic heterocycles. The van der Waals surface area contributed by atoms with Gasteiger partial charge in [0.1, 0.15) is 11.6 Å². The van der Waals surface area contributed by atoms with E-state index in [1.807, 2.05) is 37.3 Å². The summed E-state index contributed by atoms with van der Waals surface area (Å²) in [5, 5.41) is 5.34. The van der Waals surface area contributed by atoms with Crippen LogP contribution >= 0.6 is 11.3 Å². The third-order valence-corrected chi connectivity index (χ3v) is 4.05. The van der Waals surface area contributed by atoms with Crippen LogP contribution in [0.2, 0.25) is 0 Å². The van der Waals surface area contributed by atoms with E-state index in [2.05, 4.69) is 33.7 Å². The zero-order chi connectivity index (χ0) is 13.9. The van der Waals surface area contributed by atoms with Crippen LogP contribution in [0.3, 0.4) is 0 Å². The number of aryl methyl sites for hydroxylation is 2. The minimum Gasteiger partial charge on any atom is -0.325 e. The van der Waals surface area contributed by atoms with Gasteiger partial charge in [0, 0.05) is 6.20 Å². The molecule has 100 valence electrons. The van der Waals surface area contributed by atoms with Crippen LogP contribution in [-0.4, -0.2) is 9.97 Å². The van der Waals surface area contributed by atoms with E-state index in [1.54, 1.807) is 17.5 Å². The third-order valence-electron chi connectivity index (χ3n) is 3.02. The van der Waals surface area contributed by atoms with E-state index < -0.39 is 0 Å². The number of anilines is 2. The lowest BCUT2D eigenvalue weighted by molar-refractivity contribution is 1.24. The Kier molecular flexibility index (Phi) is 3.48. The normalized spacial score (nSPS) is 10.5. The zero-order valence-electron chi connectivity index (χ0n) is 11.4. The van der Waals surface area contributed by atoms with Gasteiger partial charge in [-0.25, -0.2) is 9.97 Å². The Morgan fingerprint density at radius 2 is 1.95 bits per heavy atom. The average molecular weight is 281 g/mol. The second-order valence-electron chi connectivity index (χ2n) is 4.68. The SMILES string of the molecule is Cc1ccnc(Nc2cccc(-c3sccc3C)n2)c1. The second kappa shape index (κ2) is 5.43. The quantitative estimate of drug-likeness (QED) is 0.764. The van der Waals surface area contributed by atoms with E-state index in [1.165, 1.54) is 16.0 Å². The van der Waals surface area contributed by atoms with Crippen molar-refractivity contribution in [2.24, 2.45) is 0 Å². The van der Waals surface area contributed by atoms with E-state index in [4.69, 9.17) is 0 Å². The first-order valence-electron chi connectivity index (χ1n) is 6.43. The average Bonchev–Trinajstić information content (AvgIpc) is 2.85. The minimum absolute atomic E-state index is 0.813. The number of hydrogen-bond donors (Lipinski definition) is 1. The van der Waals surface area contributed by atoms with Crippen molar-refractivity contribution in [2.75, 3.05) is 5.32 Å². The van der Waals surface area contributed by atoms with Crippen molar-refractivity contribution < 1.29 is 0 Å². The van der Waals surface area contributed by atoms with Crippen LogP contribution in [0.5, 0.6) is 0 Å². The van der Waals surface area contributed by atoms with Crippen molar-refractivity contribution in [1.29, 1.82) is 0 Å². The number of pyridine rings is 2. The molecule has 0 radical (unpaired) electrons. The molecular formula is C16H15N3S. The Morgan fingerprint density at radius 1 is 1.05 bits per heavy atom. The molecule has 0 aliphatic heterocycles. The van der Waals surface area contributed by atoms with Crippen LogP contribution in [-0.2, 0) is 0 Å². The summed E-state index contributed by atoms with van der Waals surface area (Å²) >= 11 is 1.71. The van der Waals surface area contributed by atoms with Crippen molar-refractivity contribution in [2.45, 2.75) is 13.8 Å². The molecular weight excluding hydrogens is 266 g/mol. The molecule has 4 heteroatoms. The lowest BCUT2D eigenvalue weighted by Gasteiger charge is -2.07. The first-order valence-corrected chi connectivity index (χ1v) is 7.31. The van der Waals surface area contributed by atoms with E-state index in [9.17, 15) is 0 Å². The maximum atomic E-state index is 4.66. The Hall–Kier alpha value is -2.20. The Morgan fingerprint density at radius 3 is 2.70 bits per heavy atom. The molecule has 0 spiro atoms. The van der Waals surface area contributed by atoms with Crippen LogP contribution in [0.25, 0.3) is 10.6 Å². The molecule has 0 atom stereocenters. The fourth-order valence-electron chi connectivity index (χ4n) is 2.00. The highest BCUT2D eigenvalue weighted by Gasteiger charge is 2.06. The van der Waals surface area contributed by atoms with Crippen molar-refractivity contribution in [3.63, 3.8) is 0 Å². The number of nitrogens with zero attached hydrogens (tertiary/aromatic N) is 2. The fraction of sp³-hybridized carbons (Fsp3) is 0.125. The van der Waals surface area contributed by atoms with Gasteiger partial charge < -0.3 is 5.32 Å². The first kappa shape index (κ1) is 12.8. The topological polar surface area (TPSA) is 37.8 Å². The number of aromatic nitrogens is 2. The number of rotatable bonds is 3. The molecule has 0 aromatic carbocycles. The summed E-state index contributed by atoms with van der Waals surface area (Å²) in [6.07, 6.45) is 1.80. The molecule has 1 N–H and O–H groups in total. The molecule has 3 rings (SSSR count). The van der Waals surface area contributed by atoms with Crippen LogP contribution in [0.1, 0.15) is 11.1 Å². The van der Waals surface area contributed by atoms with Gasteiger partial charge in [-0.15, -0.1) is 11.3 Å². The van der Waals surface area contributed by atoms with Crippen LogP contribution in [0.15, 0.2) is 48.0 Å². The summed E-state index contributed by atoms with van der Waals surface area (Å²) < 4.78 is 0. The van der Waals surface area contributed by atoms with Crippen LogP contribution in [0.4, 0.5) is 11.6 Å². The van der Waals surface area contributed by atoms with Gasteiger partial charge in [0.25, 0.3) is 0 Å². The predicted molar refractivity (Wildman–Crippen MR) is 84.5 cm³/mol. The lowest BCUT2D eigenvalue weighted by atomic mass is 10.2. The molecule has 20 heavy (non-hydrogen) atoms. The van der Waals surface area contributed by atoms with Crippen molar-refractivity contribution in [1.82, 2.24) is 9.97 Å². The molecule has 3 nitrogen and oxygen atoms in total. The maximum Gasteiger partial charge on any atom is 0.132 e. The standard InChI is InChI=1S/C16H15N3S/c1-11-6-8-17-15(10-11)19-14-5-3-4-13(18-14)16-12(2)7-9-20-16/h3-10H,1-2H3,(H,17,18,19). The molecule has 3 aromatic rings. The number of hydrogen-bond acceptors (Lipinski definition) is 4. The van der Waals surface area contributed by atoms with E-state index in [-0.39, 0.29) is 0 Å². The van der Waals surface area contributed by atoms with Crippen molar-refractivity contribution in [3.8, 4) is 10.6 Å². The maximum absolute atomic E-state index is 4.66. The Bertz CT molecular complexity index is 734. The van der Waals surface area contributed by atoms with Crippen LogP contribution in [0, 0.1) is 13.8 Å². The van der Waals surface area contributed by atoms with E-state index >= 15 is 0 Å². The van der Waals surface area contributed by atoms with Crippen LogP contribution < -0.4 is 5.32 Å². The van der Waals surface area contributed by atoms with Gasteiger partial charge in [0.15, 0.2) is 0 Å². The third kappa shape index (κ3) is 2.70. The molecule has 3 heterocycles. The molecule has 0 saturated carbocycles. The highest BCUT2D eigenvalue weighted by Crippen LogP contribution is 2.28. The summed E-state index contributed by atoms with van der Waals surface area (Å²) in [7, 11) is 0. The van der Waals surface area contributed by atoms with Gasteiger partial charge in [-0.05, 0) is 60.7 Å². The Balaban J connectivity index is 1.90. The van der Waals surface area contributed by atoms with E-state index in [0.29, 0.717) is 0 Å². The molecule has 0 unspecified atom stereocenters. The lowest BCUT2D eigenvalue weighted by Crippen LogP contribution is -1.96. The number of nitrogens with one attached hydrogen (secondary N) is 1. The van der Waals surface area contributed by atoms with Crippen molar-refractivity contribution >= 4 is 23.0 Å². The largest absolute Gasteiger partial charge is 0.325 e. The van der Waals surface area contributed by atoms with Gasteiger partial charge in [-0.1, -0.05) is 6.07 Å². The fourth-order valence-corrected chi connectivity index (χ4v) is 2.90. The van der Waals surface area contributed by atoms with Gasteiger partial charge in [-0.3, -0.25) is 0 Å². The summed E-state index contributed by atoms with van der Waals surface area (Å²) in [6.45, 7) is 4.15. The van der Waals surface area contributed by atoms with Gasteiger partial charge in [0.2, 0.25) is 0 Å². The predicted octanol–water partition coefficient (Wildman–Crippen LogP) is 4.57. The summed E-state index contributed by atoms with van der Waals surface area (Å²) in [5.41, 5.74) is 3.43. The summed E-state index contributed by atoms with van der Waals surface area (Å²) in [4.78, 5) is 10.2. The molecule has 0 fully saturated rings. The highest BCUT2D eigenvalue weighted by molar-refractivity contribution is 7.13. The minimum atomic E-state index is 0.813. The second-order valence-corrected chi connectivity index (χ2v) is 5.60. The molecule has 0 aliphatic rings. The molecule has 0 amide bonds. The van der Waals surface area contributed by atoms with Gasteiger partial charge in [-0.2, -0.15) is 0 Å². The number of thiophene rings is 1. The molecule has 0 aliphatic carbocycles. The zero-order valence-corrected chi connectivity index (χ0v) is 12.2. The molecule has 0 saturated heterocycles. The monoisotopic (exact) mass is 281 g/mol.